The van der Waals surface area contributed by atoms with Crippen molar-refractivity contribution in [3.63, 3.8) is 0 Å². The van der Waals surface area contributed by atoms with Gasteiger partial charge in [0, 0.05) is 36.2 Å². The number of rotatable bonds is 4. The largest absolute Gasteiger partial charge is 0.497 e. The van der Waals surface area contributed by atoms with Crippen molar-refractivity contribution >= 4 is 10.9 Å². The highest BCUT2D eigenvalue weighted by molar-refractivity contribution is 5.88. The fraction of sp³-hybridized carbons (Fsp3) is 0.500. The highest BCUT2D eigenvalue weighted by Gasteiger charge is 2.46. The minimum atomic E-state index is 0.354. The first-order valence-corrected chi connectivity index (χ1v) is 6.91. The van der Waals surface area contributed by atoms with Crippen molar-refractivity contribution in [2.45, 2.75) is 25.2 Å². The van der Waals surface area contributed by atoms with Gasteiger partial charge < -0.3 is 14.6 Å². The summed E-state index contributed by atoms with van der Waals surface area (Å²) in [7, 11) is 5.92. The third kappa shape index (κ3) is 1.76. The number of methoxy groups -OCH3 is 1. The Morgan fingerprint density at radius 1 is 1.37 bits per heavy atom. The fourth-order valence-corrected chi connectivity index (χ4v) is 3.34. The zero-order valence-corrected chi connectivity index (χ0v) is 12.2. The molecule has 1 fully saturated rings. The van der Waals surface area contributed by atoms with Gasteiger partial charge in [-0.15, -0.1) is 0 Å². The Kier molecular flexibility index (Phi) is 2.82. The van der Waals surface area contributed by atoms with E-state index in [0.29, 0.717) is 5.41 Å². The van der Waals surface area contributed by atoms with Crippen molar-refractivity contribution in [2.24, 2.45) is 7.05 Å². The third-order valence-corrected chi connectivity index (χ3v) is 4.60. The summed E-state index contributed by atoms with van der Waals surface area (Å²) in [5, 5.41) is 4.74. The van der Waals surface area contributed by atoms with Crippen molar-refractivity contribution in [3.8, 4) is 5.75 Å². The number of hydrogen-bond acceptors (Lipinski definition) is 2. The quantitative estimate of drug-likeness (QED) is 0.912. The molecule has 0 amide bonds. The van der Waals surface area contributed by atoms with Crippen LogP contribution in [0.2, 0.25) is 0 Å². The van der Waals surface area contributed by atoms with E-state index in [2.05, 4.69) is 42.1 Å². The molecule has 0 bridgehead atoms. The number of ether oxygens (including phenoxy) is 1. The predicted octanol–water partition coefficient (Wildman–Crippen LogP) is 2.75. The van der Waals surface area contributed by atoms with Gasteiger partial charge in [0.25, 0.3) is 0 Å². The molecule has 3 heteroatoms. The molecule has 1 aliphatic rings. The van der Waals surface area contributed by atoms with Gasteiger partial charge in [0.15, 0.2) is 0 Å². The van der Waals surface area contributed by atoms with Crippen molar-refractivity contribution in [3.05, 3.63) is 29.5 Å². The molecule has 2 aromatic rings. The van der Waals surface area contributed by atoms with Gasteiger partial charge in [-0.25, -0.2) is 0 Å². The van der Waals surface area contributed by atoms with Crippen LogP contribution in [-0.2, 0) is 12.5 Å². The van der Waals surface area contributed by atoms with Crippen molar-refractivity contribution < 1.29 is 4.74 Å². The molecule has 102 valence electrons. The summed E-state index contributed by atoms with van der Waals surface area (Å²) < 4.78 is 7.64. The molecule has 1 saturated carbocycles. The molecule has 0 aliphatic heterocycles. The molecular weight excluding hydrogens is 236 g/mol. The predicted molar refractivity (Wildman–Crippen MR) is 79.0 cm³/mol. The van der Waals surface area contributed by atoms with Gasteiger partial charge in [0.2, 0.25) is 0 Å². The van der Waals surface area contributed by atoms with Crippen molar-refractivity contribution in [2.75, 3.05) is 20.7 Å². The summed E-state index contributed by atoms with van der Waals surface area (Å²) in [6.45, 7) is 3.30. The Morgan fingerprint density at radius 3 is 2.68 bits per heavy atom. The van der Waals surface area contributed by atoms with Crippen LogP contribution in [-0.4, -0.2) is 25.3 Å². The molecule has 0 atom stereocenters. The van der Waals surface area contributed by atoms with E-state index in [0.717, 1.165) is 12.3 Å². The molecule has 1 heterocycles. The van der Waals surface area contributed by atoms with E-state index in [-0.39, 0.29) is 0 Å². The number of hydrogen-bond donors (Lipinski definition) is 1. The van der Waals surface area contributed by atoms with Crippen LogP contribution in [0.5, 0.6) is 5.75 Å². The summed E-state index contributed by atoms with van der Waals surface area (Å²) in [5.74, 6) is 0.929. The summed E-state index contributed by atoms with van der Waals surface area (Å²) in [4.78, 5) is 0. The second-order valence-electron chi connectivity index (χ2n) is 5.71. The first-order valence-electron chi connectivity index (χ1n) is 6.91. The van der Waals surface area contributed by atoms with Gasteiger partial charge in [-0.1, -0.05) is 0 Å². The van der Waals surface area contributed by atoms with E-state index in [4.69, 9.17) is 4.74 Å². The number of benzene rings is 1. The summed E-state index contributed by atoms with van der Waals surface area (Å²) in [6, 6.07) is 6.42. The lowest BCUT2D eigenvalue weighted by Gasteiger charge is -2.16. The van der Waals surface area contributed by atoms with Crippen LogP contribution in [0, 0.1) is 6.92 Å². The Labute approximate surface area is 114 Å². The van der Waals surface area contributed by atoms with Gasteiger partial charge in [-0.3, -0.25) is 0 Å². The zero-order valence-electron chi connectivity index (χ0n) is 12.2. The van der Waals surface area contributed by atoms with Crippen molar-refractivity contribution in [1.82, 2.24) is 9.88 Å². The van der Waals surface area contributed by atoms with Crippen LogP contribution in [0.1, 0.15) is 24.1 Å². The van der Waals surface area contributed by atoms with Crippen LogP contribution in [0.4, 0.5) is 0 Å². The normalized spacial score (nSPS) is 16.8. The lowest BCUT2D eigenvalue weighted by molar-refractivity contribution is 0.415. The number of fused-ring (bicyclic) bond motifs is 1. The van der Waals surface area contributed by atoms with Crippen molar-refractivity contribution in [1.29, 1.82) is 0 Å². The van der Waals surface area contributed by atoms with Gasteiger partial charge in [-0.05, 0) is 44.5 Å². The third-order valence-electron chi connectivity index (χ3n) is 4.60. The van der Waals surface area contributed by atoms with E-state index in [1.54, 1.807) is 7.11 Å². The SMILES string of the molecule is CNCC1(c2c(C)n(C)c3cc(OC)ccc23)CC1. The number of aromatic nitrogens is 1. The molecule has 1 aromatic heterocycles. The lowest BCUT2D eigenvalue weighted by Crippen LogP contribution is -2.24. The van der Waals surface area contributed by atoms with E-state index < -0.39 is 0 Å². The molecule has 1 aliphatic carbocycles. The van der Waals surface area contributed by atoms with Crippen LogP contribution >= 0.6 is 0 Å². The van der Waals surface area contributed by atoms with Crippen LogP contribution in [0.3, 0.4) is 0 Å². The minimum absolute atomic E-state index is 0.354. The Hall–Kier alpha value is -1.48. The van der Waals surface area contributed by atoms with E-state index in [9.17, 15) is 0 Å². The van der Waals surface area contributed by atoms with E-state index in [1.807, 2.05) is 7.05 Å². The van der Waals surface area contributed by atoms with Gasteiger partial charge >= 0.3 is 0 Å². The maximum atomic E-state index is 5.35. The minimum Gasteiger partial charge on any atom is -0.497 e. The first kappa shape index (κ1) is 12.5. The number of nitrogens with one attached hydrogen (secondary N) is 1. The maximum absolute atomic E-state index is 5.35. The molecule has 0 saturated heterocycles. The highest BCUT2D eigenvalue weighted by atomic mass is 16.5. The molecular formula is C16H22N2O. The summed E-state index contributed by atoms with van der Waals surface area (Å²) in [6.07, 6.45) is 2.58. The second-order valence-corrected chi connectivity index (χ2v) is 5.71. The summed E-state index contributed by atoms with van der Waals surface area (Å²) >= 11 is 0. The van der Waals surface area contributed by atoms with E-state index >= 15 is 0 Å². The molecule has 0 unspecified atom stereocenters. The lowest BCUT2D eigenvalue weighted by atomic mass is 9.93. The van der Waals surface area contributed by atoms with Crippen LogP contribution in [0.15, 0.2) is 18.2 Å². The summed E-state index contributed by atoms with van der Waals surface area (Å²) in [5.41, 5.74) is 4.54. The zero-order chi connectivity index (χ0) is 13.6. The molecule has 3 rings (SSSR count). The molecule has 1 N–H and O–H groups in total. The van der Waals surface area contributed by atoms with Crippen LogP contribution in [0.25, 0.3) is 10.9 Å². The number of aryl methyl sites for hydroxylation is 1. The molecule has 0 spiro atoms. The standard InChI is InChI=1S/C16H22N2O/c1-11-15(16(7-8-16)10-17-2)13-6-5-12(19-4)9-14(13)18(11)3/h5-6,9,17H,7-8,10H2,1-4H3. The molecule has 1 aromatic carbocycles. The Balaban J connectivity index is 2.23. The average molecular weight is 258 g/mol. The smallest absolute Gasteiger partial charge is 0.120 e. The average Bonchev–Trinajstić information content (AvgIpc) is 3.14. The highest BCUT2D eigenvalue weighted by Crippen LogP contribution is 2.52. The van der Waals surface area contributed by atoms with Crippen LogP contribution < -0.4 is 10.1 Å². The van der Waals surface area contributed by atoms with Gasteiger partial charge in [0.05, 0.1) is 12.6 Å². The Bertz CT molecular complexity index is 623. The second kappa shape index (κ2) is 4.27. The number of nitrogens with zero attached hydrogens (tertiary/aromatic N) is 1. The first-order chi connectivity index (χ1) is 9.13. The number of likely N-dealkylation sites (N-methyl/N-ethyl adjacent to an activating group) is 1. The Morgan fingerprint density at radius 2 is 2.11 bits per heavy atom. The van der Waals surface area contributed by atoms with Gasteiger partial charge in [0.1, 0.15) is 5.75 Å². The van der Waals surface area contributed by atoms with E-state index in [1.165, 1.54) is 35.0 Å². The van der Waals surface area contributed by atoms with Gasteiger partial charge in [-0.2, -0.15) is 0 Å². The molecule has 3 nitrogen and oxygen atoms in total. The molecule has 0 radical (unpaired) electrons. The molecule has 19 heavy (non-hydrogen) atoms. The topological polar surface area (TPSA) is 26.2 Å². The monoisotopic (exact) mass is 258 g/mol. The maximum Gasteiger partial charge on any atom is 0.120 e. The fourth-order valence-electron chi connectivity index (χ4n) is 3.34.